The average molecular weight is 308 g/mol. The standard InChI is InChI=1S/C17H16N4O2/c1-13(19-15-8-3-5-10-17(15)21(22)23)14-7-2-4-9-16(14)20-12-6-11-18-20/h2-13,19H,1H3. The maximum absolute atomic E-state index is 11.1. The highest BCUT2D eigenvalue weighted by atomic mass is 16.6. The molecule has 3 aromatic rings. The maximum atomic E-state index is 11.1. The molecule has 6 nitrogen and oxygen atoms in total. The van der Waals surface area contributed by atoms with Crippen molar-refractivity contribution in [3.8, 4) is 5.69 Å². The van der Waals surface area contributed by atoms with E-state index in [1.54, 1.807) is 29.1 Å². The van der Waals surface area contributed by atoms with Gasteiger partial charge in [0.2, 0.25) is 0 Å². The molecule has 1 heterocycles. The van der Waals surface area contributed by atoms with E-state index in [4.69, 9.17) is 0 Å². The van der Waals surface area contributed by atoms with Crippen LogP contribution in [-0.2, 0) is 0 Å². The summed E-state index contributed by atoms with van der Waals surface area (Å²) in [6, 6.07) is 16.2. The number of nitrogens with one attached hydrogen (secondary N) is 1. The Balaban J connectivity index is 1.94. The number of nitrogens with zero attached hydrogens (tertiary/aromatic N) is 3. The zero-order valence-corrected chi connectivity index (χ0v) is 12.6. The first kappa shape index (κ1) is 14.8. The third-order valence-corrected chi connectivity index (χ3v) is 3.63. The van der Waals surface area contributed by atoms with Crippen LogP contribution in [0.2, 0.25) is 0 Å². The third kappa shape index (κ3) is 3.06. The van der Waals surface area contributed by atoms with Crippen molar-refractivity contribution < 1.29 is 4.92 Å². The lowest BCUT2D eigenvalue weighted by Gasteiger charge is -2.19. The molecule has 0 bridgehead atoms. The Hall–Kier alpha value is -3.15. The molecule has 0 radical (unpaired) electrons. The molecule has 1 atom stereocenters. The van der Waals surface area contributed by atoms with Crippen molar-refractivity contribution in [3.63, 3.8) is 0 Å². The van der Waals surface area contributed by atoms with E-state index in [9.17, 15) is 10.1 Å². The fourth-order valence-electron chi connectivity index (χ4n) is 2.54. The third-order valence-electron chi connectivity index (χ3n) is 3.63. The zero-order chi connectivity index (χ0) is 16.2. The summed E-state index contributed by atoms with van der Waals surface area (Å²) in [4.78, 5) is 10.8. The number of anilines is 1. The molecule has 2 aromatic carbocycles. The fraction of sp³-hybridized carbons (Fsp3) is 0.118. The van der Waals surface area contributed by atoms with Crippen molar-refractivity contribution in [3.05, 3.63) is 82.7 Å². The van der Waals surface area contributed by atoms with E-state index in [1.165, 1.54) is 6.07 Å². The van der Waals surface area contributed by atoms with Gasteiger partial charge in [0.1, 0.15) is 5.69 Å². The van der Waals surface area contributed by atoms with E-state index in [0.29, 0.717) is 5.69 Å². The summed E-state index contributed by atoms with van der Waals surface area (Å²) in [5.74, 6) is 0. The average Bonchev–Trinajstić information content (AvgIpc) is 3.09. The molecule has 0 fully saturated rings. The van der Waals surface area contributed by atoms with Crippen LogP contribution in [0.4, 0.5) is 11.4 Å². The SMILES string of the molecule is CC(Nc1ccccc1[N+](=O)[O-])c1ccccc1-n1cccn1. The summed E-state index contributed by atoms with van der Waals surface area (Å²) in [7, 11) is 0. The number of hydrogen-bond donors (Lipinski definition) is 1. The summed E-state index contributed by atoms with van der Waals surface area (Å²) in [6.45, 7) is 1.97. The van der Waals surface area contributed by atoms with Crippen molar-refractivity contribution in [2.45, 2.75) is 13.0 Å². The van der Waals surface area contributed by atoms with Crippen molar-refractivity contribution in [1.82, 2.24) is 9.78 Å². The van der Waals surface area contributed by atoms with Gasteiger partial charge in [-0.1, -0.05) is 30.3 Å². The van der Waals surface area contributed by atoms with E-state index in [0.717, 1.165) is 11.3 Å². The van der Waals surface area contributed by atoms with E-state index in [1.807, 2.05) is 43.5 Å². The van der Waals surface area contributed by atoms with Gasteiger partial charge in [0.05, 0.1) is 16.7 Å². The van der Waals surface area contributed by atoms with Gasteiger partial charge in [-0.25, -0.2) is 4.68 Å². The number of hydrogen-bond acceptors (Lipinski definition) is 4. The minimum absolute atomic E-state index is 0.0657. The topological polar surface area (TPSA) is 73.0 Å². The Bertz CT molecular complexity index is 815. The van der Waals surface area contributed by atoms with Crippen LogP contribution in [0.5, 0.6) is 0 Å². The van der Waals surface area contributed by atoms with Gasteiger partial charge < -0.3 is 5.32 Å². The van der Waals surface area contributed by atoms with Crippen LogP contribution in [0, 0.1) is 10.1 Å². The fourth-order valence-corrected chi connectivity index (χ4v) is 2.54. The largest absolute Gasteiger partial charge is 0.373 e. The van der Waals surface area contributed by atoms with Gasteiger partial charge in [-0.2, -0.15) is 5.10 Å². The van der Waals surface area contributed by atoms with Crippen LogP contribution < -0.4 is 5.32 Å². The molecule has 116 valence electrons. The van der Waals surface area contributed by atoms with Crippen LogP contribution in [0.15, 0.2) is 67.0 Å². The van der Waals surface area contributed by atoms with Gasteiger partial charge in [-0.05, 0) is 30.7 Å². The Labute approximate surface area is 133 Å². The van der Waals surface area contributed by atoms with Crippen molar-refractivity contribution >= 4 is 11.4 Å². The minimum Gasteiger partial charge on any atom is -0.373 e. The quantitative estimate of drug-likeness (QED) is 0.572. The lowest BCUT2D eigenvalue weighted by molar-refractivity contribution is -0.384. The number of benzene rings is 2. The molecule has 1 N–H and O–H groups in total. The van der Waals surface area contributed by atoms with Crippen molar-refractivity contribution in [2.75, 3.05) is 5.32 Å². The zero-order valence-electron chi connectivity index (χ0n) is 12.6. The second kappa shape index (κ2) is 6.31. The molecular formula is C17H16N4O2. The molecule has 0 aliphatic carbocycles. The van der Waals surface area contributed by atoms with Gasteiger partial charge in [-0.3, -0.25) is 10.1 Å². The van der Waals surface area contributed by atoms with E-state index < -0.39 is 0 Å². The molecule has 0 saturated heterocycles. The Morgan fingerprint density at radius 2 is 1.87 bits per heavy atom. The highest BCUT2D eigenvalue weighted by Gasteiger charge is 2.17. The smallest absolute Gasteiger partial charge is 0.292 e. The predicted octanol–water partition coefficient (Wildman–Crippen LogP) is 3.95. The van der Waals surface area contributed by atoms with E-state index in [-0.39, 0.29) is 16.7 Å². The molecule has 23 heavy (non-hydrogen) atoms. The summed E-state index contributed by atoms with van der Waals surface area (Å²) in [5, 5.41) is 18.6. The first-order valence-electron chi connectivity index (χ1n) is 7.25. The molecule has 1 aromatic heterocycles. The van der Waals surface area contributed by atoms with Crippen molar-refractivity contribution in [2.24, 2.45) is 0 Å². The Kier molecular flexibility index (Phi) is 4.05. The predicted molar refractivity (Wildman–Crippen MR) is 88.7 cm³/mol. The number of nitro benzene ring substituents is 1. The highest BCUT2D eigenvalue weighted by Crippen LogP contribution is 2.29. The maximum Gasteiger partial charge on any atom is 0.292 e. The lowest BCUT2D eigenvalue weighted by Crippen LogP contribution is -2.11. The summed E-state index contributed by atoms with van der Waals surface area (Å²) < 4.78 is 1.78. The van der Waals surface area contributed by atoms with Crippen LogP contribution in [0.25, 0.3) is 5.69 Å². The van der Waals surface area contributed by atoms with Gasteiger partial charge in [0.25, 0.3) is 5.69 Å². The number of para-hydroxylation sites is 3. The highest BCUT2D eigenvalue weighted by molar-refractivity contribution is 5.62. The molecule has 0 amide bonds. The van der Waals surface area contributed by atoms with Gasteiger partial charge in [-0.15, -0.1) is 0 Å². The Morgan fingerprint density at radius 3 is 2.61 bits per heavy atom. The van der Waals surface area contributed by atoms with Gasteiger partial charge >= 0.3 is 0 Å². The van der Waals surface area contributed by atoms with Gasteiger partial charge in [0.15, 0.2) is 0 Å². The molecule has 0 saturated carbocycles. The first-order chi connectivity index (χ1) is 11.2. The molecule has 1 unspecified atom stereocenters. The number of aromatic nitrogens is 2. The summed E-state index contributed by atoms with van der Waals surface area (Å²) in [5.41, 5.74) is 2.52. The van der Waals surface area contributed by atoms with Crippen LogP contribution in [-0.4, -0.2) is 14.7 Å². The number of nitro groups is 1. The van der Waals surface area contributed by atoms with Crippen LogP contribution >= 0.6 is 0 Å². The normalized spacial score (nSPS) is 11.9. The van der Waals surface area contributed by atoms with Crippen LogP contribution in [0.1, 0.15) is 18.5 Å². The van der Waals surface area contributed by atoms with E-state index in [2.05, 4.69) is 10.4 Å². The monoisotopic (exact) mass is 308 g/mol. The second-order valence-corrected chi connectivity index (χ2v) is 5.15. The Morgan fingerprint density at radius 1 is 1.13 bits per heavy atom. The van der Waals surface area contributed by atoms with E-state index >= 15 is 0 Å². The second-order valence-electron chi connectivity index (χ2n) is 5.15. The number of rotatable bonds is 5. The molecular weight excluding hydrogens is 292 g/mol. The minimum atomic E-state index is -0.380. The molecule has 0 aliphatic rings. The van der Waals surface area contributed by atoms with Crippen molar-refractivity contribution in [1.29, 1.82) is 0 Å². The molecule has 0 spiro atoms. The molecule has 3 rings (SSSR count). The molecule has 6 heteroatoms. The lowest BCUT2D eigenvalue weighted by atomic mass is 10.1. The summed E-state index contributed by atoms with van der Waals surface area (Å²) in [6.07, 6.45) is 3.59. The summed E-state index contributed by atoms with van der Waals surface area (Å²) >= 11 is 0. The van der Waals surface area contributed by atoms with Gasteiger partial charge in [0, 0.05) is 18.5 Å². The first-order valence-corrected chi connectivity index (χ1v) is 7.25. The van der Waals surface area contributed by atoms with Crippen LogP contribution in [0.3, 0.4) is 0 Å². The molecule has 0 aliphatic heterocycles.